The Balaban J connectivity index is 2.71. The summed E-state index contributed by atoms with van der Waals surface area (Å²) in [5.41, 5.74) is 0. The molecule has 0 unspecified atom stereocenters. The molecule has 132 valence electrons. The summed E-state index contributed by atoms with van der Waals surface area (Å²) in [6.45, 7) is 4.25. The van der Waals surface area contributed by atoms with E-state index in [9.17, 15) is 16.8 Å². The van der Waals surface area contributed by atoms with Crippen LogP contribution in [0.5, 0.6) is 5.75 Å². The fourth-order valence-corrected chi connectivity index (χ4v) is 3.96. The maximum absolute atomic E-state index is 12.2. The lowest BCUT2D eigenvalue weighted by Crippen LogP contribution is -2.39. The largest absolute Gasteiger partial charge is 0.497 e. The first-order valence-corrected chi connectivity index (χ1v) is 10.5. The molecular formula is C14H24N2O5S2. The molecule has 0 radical (unpaired) electrons. The van der Waals surface area contributed by atoms with E-state index in [2.05, 4.69) is 4.72 Å². The highest BCUT2D eigenvalue weighted by Gasteiger charge is 2.19. The van der Waals surface area contributed by atoms with Gasteiger partial charge >= 0.3 is 0 Å². The Labute approximate surface area is 138 Å². The van der Waals surface area contributed by atoms with Crippen LogP contribution in [0.15, 0.2) is 29.2 Å². The van der Waals surface area contributed by atoms with E-state index in [4.69, 9.17) is 4.74 Å². The third kappa shape index (κ3) is 6.46. The summed E-state index contributed by atoms with van der Waals surface area (Å²) in [4.78, 5) is 0.105. The number of nitrogens with zero attached hydrogens (tertiary/aromatic N) is 1. The van der Waals surface area contributed by atoms with Crippen LogP contribution in [0, 0.1) is 5.92 Å². The first kappa shape index (κ1) is 19.9. The lowest BCUT2D eigenvalue weighted by molar-refractivity contribution is 0.372. The van der Waals surface area contributed by atoms with Crippen LogP contribution in [0.4, 0.5) is 0 Å². The second-order valence-corrected chi connectivity index (χ2v) is 9.34. The van der Waals surface area contributed by atoms with Gasteiger partial charge in [0.1, 0.15) is 5.75 Å². The first-order valence-electron chi connectivity index (χ1n) is 7.15. The van der Waals surface area contributed by atoms with E-state index >= 15 is 0 Å². The molecule has 1 aromatic carbocycles. The molecule has 0 heterocycles. The lowest BCUT2D eigenvalue weighted by Gasteiger charge is -2.22. The van der Waals surface area contributed by atoms with Gasteiger partial charge in [0, 0.05) is 19.6 Å². The van der Waals surface area contributed by atoms with Gasteiger partial charge in [0.05, 0.1) is 18.3 Å². The van der Waals surface area contributed by atoms with E-state index in [1.807, 2.05) is 13.8 Å². The van der Waals surface area contributed by atoms with E-state index in [1.54, 1.807) is 12.1 Å². The highest BCUT2D eigenvalue weighted by atomic mass is 32.2. The van der Waals surface area contributed by atoms with Crippen molar-refractivity contribution in [2.45, 2.75) is 18.7 Å². The van der Waals surface area contributed by atoms with Crippen LogP contribution in [0.25, 0.3) is 0 Å². The average Bonchev–Trinajstić information content (AvgIpc) is 2.44. The number of sulfonamides is 2. The number of hydrogen-bond acceptors (Lipinski definition) is 5. The Morgan fingerprint density at radius 3 is 2.13 bits per heavy atom. The van der Waals surface area contributed by atoms with Gasteiger partial charge in [-0.3, -0.25) is 0 Å². The zero-order valence-corrected chi connectivity index (χ0v) is 15.4. The molecule has 0 atom stereocenters. The maximum atomic E-state index is 12.2. The van der Waals surface area contributed by atoms with Crippen LogP contribution in [-0.4, -0.2) is 54.1 Å². The summed E-state index contributed by atoms with van der Waals surface area (Å²) in [5.74, 6) is 0.715. The van der Waals surface area contributed by atoms with Gasteiger partial charge in [0.25, 0.3) is 0 Å². The zero-order valence-electron chi connectivity index (χ0n) is 13.8. The molecule has 23 heavy (non-hydrogen) atoms. The molecular weight excluding hydrogens is 340 g/mol. The minimum absolute atomic E-state index is 0.00809. The maximum Gasteiger partial charge on any atom is 0.240 e. The molecule has 0 bridgehead atoms. The van der Waals surface area contributed by atoms with Crippen molar-refractivity contribution in [1.82, 2.24) is 9.03 Å². The molecule has 1 rings (SSSR count). The molecule has 0 fully saturated rings. The predicted octanol–water partition coefficient (Wildman–Crippen LogP) is 0.891. The summed E-state index contributed by atoms with van der Waals surface area (Å²) in [6.07, 6.45) is 1.12. The van der Waals surface area contributed by atoms with E-state index in [1.165, 1.54) is 23.5 Å². The smallest absolute Gasteiger partial charge is 0.240 e. The van der Waals surface area contributed by atoms with Crippen LogP contribution >= 0.6 is 0 Å². The van der Waals surface area contributed by atoms with Crippen molar-refractivity contribution in [2.75, 3.05) is 33.0 Å². The summed E-state index contributed by atoms with van der Waals surface area (Å²) in [7, 11) is -5.56. The Morgan fingerprint density at radius 2 is 1.70 bits per heavy atom. The summed E-state index contributed by atoms with van der Waals surface area (Å²) in [6, 6.07) is 5.97. The Bertz CT molecular complexity index is 697. The van der Waals surface area contributed by atoms with Crippen LogP contribution in [0.2, 0.25) is 0 Å². The molecule has 0 saturated carbocycles. The Morgan fingerprint density at radius 1 is 1.13 bits per heavy atom. The van der Waals surface area contributed by atoms with Crippen molar-refractivity contribution in [3.63, 3.8) is 0 Å². The van der Waals surface area contributed by atoms with Crippen molar-refractivity contribution in [1.29, 1.82) is 0 Å². The highest BCUT2D eigenvalue weighted by molar-refractivity contribution is 7.89. The molecule has 0 aromatic heterocycles. The monoisotopic (exact) mass is 364 g/mol. The second kappa shape index (κ2) is 8.09. The number of methoxy groups -OCH3 is 1. The van der Waals surface area contributed by atoms with Gasteiger partial charge in [0.15, 0.2) is 0 Å². The molecule has 7 nitrogen and oxygen atoms in total. The quantitative estimate of drug-likeness (QED) is 0.702. The lowest BCUT2D eigenvalue weighted by atomic mass is 10.2. The van der Waals surface area contributed by atoms with Gasteiger partial charge in [-0.25, -0.2) is 25.9 Å². The van der Waals surface area contributed by atoms with E-state index < -0.39 is 20.0 Å². The molecule has 0 spiro atoms. The number of benzene rings is 1. The van der Waals surface area contributed by atoms with Gasteiger partial charge in [-0.05, 0) is 30.2 Å². The van der Waals surface area contributed by atoms with Crippen LogP contribution < -0.4 is 9.46 Å². The Hall–Kier alpha value is -1.16. The number of ether oxygens (including phenoxy) is 1. The van der Waals surface area contributed by atoms with Gasteiger partial charge in [0.2, 0.25) is 20.0 Å². The van der Waals surface area contributed by atoms with E-state index in [0.717, 1.165) is 6.26 Å². The summed E-state index contributed by atoms with van der Waals surface area (Å²) in [5, 5.41) is 0. The molecule has 1 aromatic rings. The van der Waals surface area contributed by atoms with Crippen molar-refractivity contribution in [2.24, 2.45) is 5.92 Å². The molecule has 0 aliphatic carbocycles. The topological polar surface area (TPSA) is 92.8 Å². The van der Waals surface area contributed by atoms with Crippen LogP contribution in [0.3, 0.4) is 0 Å². The van der Waals surface area contributed by atoms with Gasteiger partial charge in [-0.1, -0.05) is 13.8 Å². The van der Waals surface area contributed by atoms with E-state index in [0.29, 0.717) is 12.3 Å². The summed E-state index contributed by atoms with van der Waals surface area (Å²) < 4.78 is 56.4. The number of nitrogens with one attached hydrogen (secondary N) is 1. The second-order valence-electron chi connectivity index (χ2n) is 5.59. The minimum atomic E-state index is -3.68. The van der Waals surface area contributed by atoms with Gasteiger partial charge in [-0.2, -0.15) is 0 Å². The van der Waals surface area contributed by atoms with E-state index in [-0.39, 0.29) is 23.9 Å². The van der Waals surface area contributed by atoms with Crippen LogP contribution in [-0.2, 0) is 20.0 Å². The third-order valence-corrected chi connectivity index (χ3v) is 5.81. The fourth-order valence-electron chi connectivity index (χ4n) is 1.94. The van der Waals surface area contributed by atoms with Crippen LogP contribution in [0.1, 0.15) is 13.8 Å². The van der Waals surface area contributed by atoms with Crippen molar-refractivity contribution in [3.8, 4) is 5.75 Å². The van der Waals surface area contributed by atoms with Crippen molar-refractivity contribution < 1.29 is 21.6 Å². The molecule has 1 N–H and O–H groups in total. The molecule has 0 saturated heterocycles. The standard InChI is InChI=1S/C14H24N2O5S2/c1-12(2)11-16(22(4,17)18)10-9-15-23(19,20)14-7-5-13(21-3)6-8-14/h5-8,12,15H,9-11H2,1-4H3. The zero-order chi connectivity index (χ0) is 17.7. The summed E-state index contributed by atoms with van der Waals surface area (Å²) >= 11 is 0. The van der Waals surface area contributed by atoms with Crippen molar-refractivity contribution >= 4 is 20.0 Å². The fraction of sp³-hybridized carbons (Fsp3) is 0.571. The molecule has 0 aliphatic heterocycles. The minimum Gasteiger partial charge on any atom is -0.497 e. The molecule has 0 aliphatic rings. The van der Waals surface area contributed by atoms with Crippen molar-refractivity contribution in [3.05, 3.63) is 24.3 Å². The SMILES string of the molecule is COc1ccc(S(=O)(=O)NCCN(CC(C)C)S(C)(=O)=O)cc1. The average molecular weight is 364 g/mol. The van der Waals surface area contributed by atoms with Gasteiger partial charge in [-0.15, -0.1) is 0 Å². The molecule has 0 amide bonds. The highest BCUT2D eigenvalue weighted by Crippen LogP contribution is 2.15. The van der Waals surface area contributed by atoms with Gasteiger partial charge < -0.3 is 4.74 Å². The predicted molar refractivity (Wildman–Crippen MR) is 89.4 cm³/mol. The third-order valence-electron chi connectivity index (χ3n) is 3.06. The molecule has 9 heteroatoms. The Kier molecular flexibility index (Phi) is 7.00. The first-order chi connectivity index (χ1) is 10.6. The number of hydrogen-bond donors (Lipinski definition) is 1. The number of rotatable bonds is 9. The normalized spacial score (nSPS) is 12.8.